The predicted octanol–water partition coefficient (Wildman–Crippen LogP) is 1.99. The Labute approximate surface area is 109 Å². The predicted molar refractivity (Wildman–Crippen MR) is 67.7 cm³/mol. The lowest BCUT2D eigenvalue weighted by molar-refractivity contribution is -0.384. The van der Waals surface area contributed by atoms with Crippen molar-refractivity contribution in [1.82, 2.24) is 0 Å². The van der Waals surface area contributed by atoms with Gasteiger partial charge >= 0.3 is 5.97 Å². The maximum Gasteiger partial charge on any atom is 0.308 e. The Kier molecular flexibility index (Phi) is 4.83. The second kappa shape index (κ2) is 6.35. The SMILES string of the molecule is CCC(CNc1ccc([N+](=O)[O-])cc1C#N)C(=O)O. The van der Waals surface area contributed by atoms with Crippen LogP contribution in [0.4, 0.5) is 11.4 Å². The molecule has 0 amide bonds. The number of hydrogen-bond acceptors (Lipinski definition) is 5. The monoisotopic (exact) mass is 263 g/mol. The Morgan fingerprint density at radius 1 is 1.63 bits per heavy atom. The quantitative estimate of drug-likeness (QED) is 0.598. The van der Waals surface area contributed by atoms with Crippen molar-refractivity contribution in [3.8, 4) is 6.07 Å². The number of nitrogens with one attached hydrogen (secondary N) is 1. The first-order chi connectivity index (χ1) is 8.99. The van der Waals surface area contributed by atoms with Crippen LogP contribution < -0.4 is 5.32 Å². The molecule has 19 heavy (non-hydrogen) atoms. The van der Waals surface area contributed by atoms with Crippen molar-refractivity contribution >= 4 is 17.3 Å². The molecule has 2 N–H and O–H groups in total. The van der Waals surface area contributed by atoms with E-state index >= 15 is 0 Å². The second-order valence-corrected chi connectivity index (χ2v) is 3.92. The fourth-order valence-corrected chi connectivity index (χ4v) is 1.53. The third-order valence-electron chi connectivity index (χ3n) is 2.72. The molecule has 1 atom stereocenters. The number of nitriles is 1. The molecule has 1 aromatic carbocycles. The van der Waals surface area contributed by atoms with E-state index in [9.17, 15) is 14.9 Å². The molecule has 1 unspecified atom stereocenters. The Morgan fingerprint density at radius 2 is 2.32 bits per heavy atom. The minimum absolute atomic E-state index is 0.120. The zero-order valence-corrected chi connectivity index (χ0v) is 10.3. The summed E-state index contributed by atoms with van der Waals surface area (Å²) in [5, 5.41) is 31.2. The molecule has 0 saturated carbocycles. The smallest absolute Gasteiger partial charge is 0.308 e. The van der Waals surface area contributed by atoms with Crippen LogP contribution in [0.25, 0.3) is 0 Å². The van der Waals surface area contributed by atoms with Crippen molar-refractivity contribution in [2.45, 2.75) is 13.3 Å². The van der Waals surface area contributed by atoms with Crippen LogP contribution >= 0.6 is 0 Å². The molecule has 7 nitrogen and oxygen atoms in total. The normalized spacial score (nSPS) is 11.4. The number of anilines is 1. The first-order valence-electron chi connectivity index (χ1n) is 5.64. The van der Waals surface area contributed by atoms with Crippen LogP contribution in [0.2, 0.25) is 0 Å². The maximum absolute atomic E-state index is 10.9. The van der Waals surface area contributed by atoms with Gasteiger partial charge in [0.15, 0.2) is 0 Å². The fourth-order valence-electron chi connectivity index (χ4n) is 1.53. The van der Waals surface area contributed by atoms with E-state index in [1.54, 1.807) is 6.92 Å². The van der Waals surface area contributed by atoms with E-state index in [4.69, 9.17) is 10.4 Å². The van der Waals surface area contributed by atoms with Crippen LogP contribution in [-0.2, 0) is 4.79 Å². The summed E-state index contributed by atoms with van der Waals surface area (Å²) < 4.78 is 0. The van der Waals surface area contributed by atoms with Crippen molar-refractivity contribution < 1.29 is 14.8 Å². The molecule has 0 aliphatic carbocycles. The van der Waals surface area contributed by atoms with E-state index in [-0.39, 0.29) is 17.8 Å². The van der Waals surface area contributed by atoms with Crippen LogP contribution in [0.3, 0.4) is 0 Å². The third-order valence-corrected chi connectivity index (χ3v) is 2.72. The molecular weight excluding hydrogens is 250 g/mol. The standard InChI is InChI=1S/C12H13N3O4/c1-2-8(12(16)17)7-14-11-4-3-10(15(18)19)5-9(11)6-13/h3-5,8,14H,2,7H2,1H3,(H,16,17). The lowest BCUT2D eigenvalue weighted by Crippen LogP contribution is -2.22. The van der Waals surface area contributed by atoms with Gasteiger partial charge in [0, 0.05) is 18.7 Å². The van der Waals surface area contributed by atoms with Gasteiger partial charge in [0.05, 0.1) is 22.1 Å². The lowest BCUT2D eigenvalue weighted by atomic mass is 10.1. The Hall–Kier alpha value is -2.62. The van der Waals surface area contributed by atoms with E-state index in [1.165, 1.54) is 12.1 Å². The zero-order chi connectivity index (χ0) is 14.4. The van der Waals surface area contributed by atoms with Crippen LogP contribution in [0, 0.1) is 27.4 Å². The van der Waals surface area contributed by atoms with Gasteiger partial charge in [0.1, 0.15) is 6.07 Å². The van der Waals surface area contributed by atoms with Crippen LogP contribution in [0.5, 0.6) is 0 Å². The molecular formula is C12H13N3O4. The summed E-state index contributed by atoms with van der Waals surface area (Å²) in [4.78, 5) is 20.8. The number of nitrogens with zero attached hydrogens (tertiary/aromatic N) is 2. The molecule has 0 fully saturated rings. The molecule has 0 aromatic heterocycles. The minimum atomic E-state index is -0.921. The van der Waals surface area contributed by atoms with E-state index in [0.717, 1.165) is 6.07 Å². The number of nitro groups is 1. The minimum Gasteiger partial charge on any atom is -0.481 e. The number of benzene rings is 1. The number of carboxylic acid groups (broad SMARTS) is 1. The molecule has 0 bridgehead atoms. The summed E-state index contributed by atoms with van der Waals surface area (Å²) in [6, 6.07) is 5.68. The van der Waals surface area contributed by atoms with Crippen molar-refractivity contribution in [1.29, 1.82) is 5.26 Å². The van der Waals surface area contributed by atoms with Gasteiger partial charge in [-0.1, -0.05) is 6.92 Å². The average molecular weight is 263 g/mol. The second-order valence-electron chi connectivity index (χ2n) is 3.92. The van der Waals surface area contributed by atoms with Crippen molar-refractivity contribution in [3.63, 3.8) is 0 Å². The molecule has 1 aromatic rings. The van der Waals surface area contributed by atoms with Gasteiger partial charge < -0.3 is 10.4 Å². The summed E-state index contributed by atoms with van der Waals surface area (Å²) in [6.07, 6.45) is 0.456. The Bertz CT molecular complexity index is 536. The van der Waals surface area contributed by atoms with Gasteiger partial charge in [-0.25, -0.2) is 0 Å². The highest BCUT2D eigenvalue weighted by molar-refractivity contribution is 5.71. The van der Waals surface area contributed by atoms with Crippen LogP contribution in [0.15, 0.2) is 18.2 Å². The highest BCUT2D eigenvalue weighted by Crippen LogP contribution is 2.21. The number of non-ortho nitro benzene ring substituents is 1. The number of rotatable bonds is 6. The fraction of sp³-hybridized carbons (Fsp3) is 0.333. The molecule has 0 aliphatic rings. The number of hydrogen-bond donors (Lipinski definition) is 2. The van der Waals surface area contributed by atoms with E-state index in [0.29, 0.717) is 12.1 Å². The number of aliphatic carboxylic acids is 1. The van der Waals surface area contributed by atoms with Gasteiger partial charge in [0.25, 0.3) is 5.69 Å². The third kappa shape index (κ3) is 3.67. The molecule has 0 saturated heterocycles. The van der Waals surface area contributed by atoms with Gasteiger partial charge in [-0.2, -0.15) is 5.26 Å². The van der Waals surface area contributed by atoms with E-state index < -0.39 is 16.8 Å². The molecule has 0 aliphatic heterocycles. The summed E-state index contributed by atoms with van der Waals surface area (Å²) in [5.41, 5.74) is 0.342. The number of carboxylic acids is 1. The van der Waals surface area contributed by atoms with E-state index in [1.807, 2.05) is 6.07 Å². The summed E-state index contributed by atoms with van der Waals surface area (Å²) in [6.45, 7) is 1.92. The van der Waals surface area contributed by atoms with Crippen LogP contribution in [-0.4, -0.2) is 22.5 Å². The van der Waals surface area contributed by atoms with Crippen LogP contribution in [0.1, 0.15) is 18.9 Å². The van der Waals surface area contributed by atoms with Gasteiger partial charge in [-0.05, 0) is 12.5 Å². The van der Waals surface area contributed by atoms with Crippen molar-refractivity contribution in [2.24, 2.45) is 5.92 Å². The summed E-state index contributed by atoms with van der Waals surface area (Å²) in [5.74, 6) is -1.49. The first-order valence-corrected chi connectivity index (χ1v) is 5.64. The average Bonchev–Trinajstić information content (AvgIpc) is 2.38. The van der Waals surface area contributed by atoms with Gasteiger partial charge in [0.2, 0.25) is 0 Å². The number of nitro benzene ring substituents is 1. The Balaban J connectivity index is 2.87. The van der Waals surface area contributed by atoms with Gasteiger partial charge in [-0.15, -0.1) is 0 Å². The Morgan fingerprint density at radius 3 is 2.79 bits per heavy atom. The molecule has 0 spiro atoms. The molecule has 7 heteroatoms. The van der Waals surface area contributed by atoms with E-state index in [2.05, 4.69) is 5.32 Å². The summed E-state index contributed by atoms with van der Waals surface area (Å²) in [7, 11) is 0. The topological polar surface area (TPSA) is 116 Å². The maximum atomic E-state index is 10.9. The molecule has 0 radical (unpaired) electrons. The number of carbonyl (C=O) groups is 1. The summed E-state index contributed by atoms with van der Waals surface area (Å²) >= 11 is 0. The zero-order valence-electron chi connectivity index (χ0n) is 10.3. The molecule has 0 heterocycles. The highest BCUT2D eigenvalue weighted by Gasteiger charge is 2.16. The molecule has 1 rings (SSSR count). The first kappa shape index (κ1) is 14.4. The molecule has 100 valence electrons. The van der Waals surface area contributed by atoms with Crippen molar-refractivity contribution in [2.75, 3.05) is 11.9 Å². The largest absolute Gasteiger partial charge is 0.481 e. The van der Waals surface area contributed by atoms with Crippen molar-refractivity contribution in [3.05, 3.63) is 33.9 Å². The van der Waals surface area contributed by atoms with Gasteiger partial charge in [-0.3, -0.25) is 14.9 Å². The highest BCUT2D eigenvalue weighted by atomic mass is 16.6. The lowest BCUT2D eigenvalue weighted by Gasteiger charge is -2.12.